The second-order valence-corrected chi connectivity index (χ2v) is 5.02. The van der Waals surface area contributed by atoms with E-state index in [0.29, 0.717) is 0 Å². The van der Waals surface area contributed by atoms with Crippen molar-refractivity contribution in [3.8, 4) is 0 Å². The van der Waals surface area contributed by atoms with Crippen LogP contribution in [0.2, 0.25) is 0 Å². The minimum atomic E-state index is 0. The van der Waals surface area contributed by atoms with E-state index in [1.807, 2.05) is 0 Å². The zero-order chi connectivity index (χ0) is 8.72. The van der Waals surface area contributed by atoms with Crippen molar-refractivity contribution in [2.75, 3.05) is 0 Å². The molecule has 73 valence electrons. The van der Waals surface area contributed by atoms with Gasteiger partial charge in [-0.15, -0.1) is 0 Å². The number of benzene rings is 1. The second kappa shape index (κ2) is 5.49. The third kappa shape index (κ3) is 2.51. The molecule has 0 nitrogen and oxygen atoms in total. The first kappa shape index (κ1) is 14.4. The Labute approximate surface area is 113 Å². The fraction of sp³-hybridized carbons (Fsp3) is 0.273. The van der Waals surface area contributed by atoms with Gasteiger partial charge < -0.3 is 24.8 Å². The molecule has 0 bridgehead atoms. The van der Waals surface area contributed by atoms with Gasteiger partial charge in [-0.05, 0) is 0 Å². The van der Waals surface area contributed by atoms with Crippen molar-refractivity contribution in [3.63, 3.8) is 0 Å². The summed E-state index contributed by atoms with van der Waals surface area (Å²) in [6.07, 6.45) is 3.55. The van der Waals surface area contributed by atoms with Crippen LogP contribution in [0.15, 0.2) is 15.4 Å². The quantitative estimate of drug-likeness (QED) is 0.473. The molecule has 0 aromatic heterocycles. The van der Waals surface area contributed by atoms with E-state index in [1.54, 1.807) is 33.6 Å². The number of allylic oxidation sites excluding steroid dienone is 1. The SMILES string of the molecule is Cc1ccc(C)c2c1C=[C]([Zr+2])C2.[Cl-].[Cl-]. The Hall–Kier alpha value is 0.423. The molecule has 1 aliphatic carbocycles. The van der Waals surface area contributed by atoms with Crippen molar-refractivity contribution in [2.24, 2.45) is 0 Å². The molecular formula is C11H11Cl2Zr. The molecule has 3 heteroatoms. The fourth-order valence-electron chi connectivity index (χ4n) is 1.74. The molecule has 1 aromatic carbocycles. The average molecular weight is 305 g/mol. The summed E-state index contributed by atoms with van der Waals surface area (Å²) in [6.45, 7) is 4.41. The molecule has 0 heterocycles. The Morgan fingerprint density at radius 2 is 1.64 bits per heavy atom. The van der Waals surface area contributed by atoms with Gasteiger partial charge in [0.1, 0.15) is 0 Å². The summed E-state index contributed by atoms with van der Waals surface area (Å²) in [6, 6.07) is 4.45. The Kier molecular flexibility index (Phi) is 5.66. The first-order valence-corrected chi connectivity index (χ1v) is 5.42. The molecule has 14 heavy (non-hydrogen) atoms. The normalized spacial score (nSPS) is 12.4. The van der Waals surface area contributed by atoms with Gasteiger partial charge in [-0.3, -0.25) is 0 Å². The third-order valence-corrected chi connectivity index (χ3v) is 3.28. The van der Waals surface area contributed by atoms with Gasteiger partial charge in [0.25, 0.3) is 0 Å². The molecule has 0 N–H and O–H groups in total. The van der Waals surface area contributed by atoms with E-state index in [-0.39, 0.29) is 24.8 Å². The number of hydrogen-bond donors (Lipinski definition) is 0. The number of fused-ring (bicyclic) bond motifs is 1. The van der Waals surface area contributed by atoms with Gasteiger partial charge in [0, 0.05) is 0 Å². The van der Waals surface area contributed by atoms with Gasteiger partial charge in [0.15, 0.2) is 0 Å². The molecule has 0 spiro atoms. The van der Waals surface area contributed by atoms with Crippen molar-refractivity contribution in [3.05, 3.63) is 37.7 Å². The van der Waals surface area contributed by atoms with E-state index < -0.39 is 0 Å². The van der Waals surface area contributed by atoms with Crippen molar-refractivity contribution in [2.45, 2.75) is 20.3 Å². The van der Waals surface area contributed by atoms with E-state index in [1.165, 1.54) is 23.1 Å². The molecule has 0 unspecified atom stereocenters. The van der Waals surface area contributed by atoms with Crippen LogP contribution >= 0.6 is 0 Å². The van der Waals surface area contributed by atoms with Gasteiger partial charge in [-0.2, -0.15) is 0 Å². The summed E-state index contributed by atoms with van der Waals surface area (Å²) in [4.78, 5) is 0. The van der Waals surface area contributed by atoms with Crippen molar-refractivity contribution in [1.29, 1.82) is 0 Å². The van der Waals surface area contributed by atoms with Crippen molar-refractivity contribution >= 4 is 6.08 Å². The number of halogens is 2. The smallest absolute Gasteiger partial charge is 1.00 e. The predicted molar refractivity (Wildman–Crippen MR) is 47.6 cm³/mol. The Morgan fingerprint density at radius 3 is 2.21 bits per heavy atom. The maximum absolute atomic E-state index is 2.36. The average Bonchev–Trinajstić information content (AvgIpc) is 2.41. The van der Waals surface area contributed by atoms with Crippen LogP contribution in [0.4, 0.5) is 0 Å². The molecule has 0 saturated carbocycles. The first-order valence-electron chi connectivity index (χ1n) is 4.20. The summed E-state index contributed by atoms with van der Waals surface area (Å²) < 4.78 is 1.58. The summed E-state index contributed by atoms with van der Waals surface area (Å²) >= 11 is 1.56. The van der Waals surface area contributed by atoms with Gasteiger partial charge in [0.05, 0.1) is 0 Å². The largest absolute Gasteiger partial charge is 1.00 e. The first-order chi connectivity index (χ1) is 5.68. The van der Waals surface area contributed by atoms with Crippen molar-refractivity contribution < 1.29 is 49.5 Å². The van der Waals surface area contributed by atoms with Gasteiger partial charge in [-0.1, -0.05) is 0 Å². The van der Waals surface area contributed by atoms with Crippen LogP contribution in [0, 0.1) is 13.8 Å². The molecule has 0 atom stereocenters. The van der Waals surface area contributed by atoms with Crippen LogP contribution in [0.25, 0.3) is 6.08 Å². The van der Waals surface area contributed by atoms with Crippen LogP contribution in [0.3, 0.4) is 0 Å². The van der Waals surface area contributed by atoms with Gasteiger partial charge >= 0.3 is 88.7 Å². The van der Waals surface area contributed by atoms with Crippen LogP contribution in [-0.4, -0.2) is 0 Å². The summed E-state index contributed by atoms with van der Waals surface area (Å²) in [5, 5.41) is 0. The Morgan fingerprint density at radius 1 is 1.07 bits per heavy atom. The van der Waals surface area contributed by atoms with E-state index in [9.17, 15) is 0 Å². The Balaban J connectivity index is 0.000000845. The van der Waals surface area contributed by atoms with E-state index in [2.05, 4.69) is 32.1 Å². The summed E-state index contributed by atoms with van der Waals surface area (Å²) in [7, 11) is 0. The Bertz CT molecular complexity index is 370. The standard InChI is InChI=1S/C11H11.2ClH.Zr/c1-8-6-7-9(2)11-5-3-4-10(8)11;;;/h4,6-7H,5H2,1-2H3;2*1H;/q;;;+2/p-2. The molecule has 1 aromatic rings. The third-order valence-electron chi connectivity index (χ3n) is 2.50. The van der Waals surface area contributed by atoms with Crippen LogP contribution in [-0.2, 0) is 31.1 Å². The minimum Gasteiger partial charge on any atom is -1.00 e. The molecule has 0 radical (unpaired) electrons. The molecule has 0 aliphatic heterocycles. The topological polar surface area (TPSA) is 0 Å². The van der Waals surface area contributed by atoms with Crippen LogP contribution in [0.5, 0.6) is 0 Å². The zero-order valence-corrected chi connectivity index (χ0v) is 12.2. The predicted octanol–water partition coefficient (Wildman–Crippen LogP) is -3.24. The van der Waals surface area contributed by atoms with Gasteiger partial charge in [0.2, 0.25) is 0 Å². The fourth-order valence-corrected chi connectivity index (χ4v) is 2.53. The monoisotopic (exact) mass is 303 g/mol. The molecule has 1 aliphatic rings. The van der Waals surface area contributed by atoms with E-state index in [4.69, 9.17) is 0 Å². The zero-order valence-electron chi connectivity index (χ0n) is 8.20. The molecule has 0 fully saturated rings. The maximum Gasteiger partial charge on any atom is -1.00 e. The van der Waals surface area contributed by atoms with Crippen LogP contribution < -0.4 is 24.8 Å². The van der Waals surface area contributed by atoms with E-state index in [0.717, 1.165) is 0 Å². The minimum absolute atomic E-state index is 0. The van der Waals surface area contributed by atoms with Crippen molar-refractivity contribution in [1.82, 2.24) is 0 Å². The number of hydrogen-bond acceptors (Lipinski definition) is 0. The number of aryl methyl sites for hydroxylation is 2. The number of rotatable bonds is 0. The van der Waals surface area contributed by atoms with E-state index >= 15 is 0 Å². The molecule has 0 amide bonds. The van der Waals surface area contributed by atoms with Gasteiger partial charge in [-0.25, -0.2) is 0 Å². The summed E-state index contributed by atoms with van der Waals surface area (Å²) in [5.41, 5.74) is 5.92. The maximum atomic E-state index is 2.36. The second-order valence-electron chi connectivity index (χ2n) is 3.44. The molecule has 2 rings (SSSR count). The molecule has 0 saturated heterocycles. The van der Waals surface area contributed by atoms with Crippen LogP contribution in [0.1, 0.15) is 22.3 Å². The molecular weight excluding hydrogens is 294 g/mol. The summed E-state index contributed by atoms with van der Waals surface area (Å²) in [5.74, 6) is 0.